The summed E-state index contributed by atoms with van der Waals surface area (Å²) in [5.74, 6) is 2.22. The Morgan fingerprint density at radius 3 is 2.61 bits per heavy atom. The molecular weight excluding hydrogens is 314 g/mol. The molecule has 0 saturated heterocycles. The van der Waals surface area contributed by atoms with Crippen LogP contribution < -0.4 is 10.5 Å². The summed E-state index contributed by atoms with van der Waals surface area (Å²) in [6.45, 7) is 4.61. The van der Waals surface area contributed by atoms with Gasteiger partial charge in [0.15, 0.2) is 5.75 Å². The lowest BCUT2D eigenvalue weighted by Crippen LogP contribution is -2.29. The molecule has 0 radical (unpaired) electrons. The van der Waals surface area contributed by atoms with Crippen molar-refractivity contribution in [2.24, 2.45) is 11.8 Å². The Kier molecular flexibility index (Phi) is 4.44. The third-order valence-electron chi connectivity index (χ3n) is 3.87. The van der Waals surface area contributed by atoms with E-state index < -0.39 is 0 Å². The zero-order chi connectivity index (χ0) is 13.3. The summed E-state index contributed by atoms with van der Waals surface area (Å²) >= 11 is 9.40. The molecule has 1 aliphatic rings. The van der Waals surface area contributed by atoms with Crippen LogP contribution in [0.2, 0.25) is 5.02 Å². The Bertz CT molecular complexity index is 415. The molecule has 0 bridgehead atoms. The highest BCUT2D eigenvalue weighted by molar-refractivity contribution is 9.10. The number of nitrogens with two attached hydrogens (primary N) is 1. The number of nitrogen functional groups attached to an aromatic ring is 1. The van der Waals surface area contributed by atoms with E-state index in [4.69, 9.17) is 22.1 Å². The molecule has 0 amide bonds. The van der Waals surface area contributed by atoms with Crippen LogP contribution in [0.4, 0.5) is 5.69 Å². The summed E-state index contributed by atoms with van der Waals surface area (Å²) in [6.07, 6.45) is 3.67. The van der Waals surface area contributed by atoms with Crippen molar-refractivity contribution in [3.05, 3.63) is 21.6 Å². The van der Waals surface area contributed by atoms with Crippen LogP contribution >= 0.6 is 27.5 Å². The lowest BCUT2D eigenvalue weighted by Gasteiger charge is -2.32. The molecule has 0 aromatic heterocycles. The monoisotopic (exact) mass is 331 g/mol. The van der Waals surface area contributed by atoms with Gasteiger partial charge in [-0.25, -0.2) is 0 Å². The molecule has 1 aromatic carbocycles. The van der Waals surface area contributed by atoms with E-state index in [-0.39, 0.29) is 6.10 Å². The minimum absolute atomic E-state index is 0.260. The zero-order valence-electron chi connectivity index (χ0n) is 10.7. The maximum absolute atomic E-state index is 6.06. The molecule has 1 fully saturated rings. The lowest BCUT2D eigenvalue weighted by atomic mass is 9.80. The van der Waals surface area contributed by atoms with Gasteiger partial charge in [-0.1, -0.05) is 25.4 Å². The Hall–Kier alpha value is -0.410. The second-order valence-corrected chi connectivity index (χ2v) is 6.60. The Balaban J connectivity index is 2.10. The average Bonchev–Trinajstić information content (AvgIpc) is 2.28. The fraction of sp³-hybridized carbons (Fsp3) is 0.571. The highest BCUT2D eigenvalue weighted by atomic mass is 79.9. The van der Waals surface area contributed by atoms with Gasteiger partial charge in [-0.15, -0.1) is 0 Å². The first-order valence-electron chi connectivity index (χ1n) is 6.38. The summed E-state index contributed by atoms with van der Waals surface area (Å²) in [4.78, 5) is 0. The van der Waals surface area contributed by atoms with Crippen LogP contribution in [-0.2, 0) is 0 Å². The average molecular weight is 333 g/mol. The first-order valence-corrected chi connectivity index (χ1v) is 7.55. The number of ether oxygens (including phenoxy) is 1. The van der Waals surface area contributed by atoms with E-state index in [1.54, 1.807) is 6.07 Å². The number of benzene rings is 1. The van der Waals surface area contributed by atoms with Gasteiger partial charge in [0.25, 0.3) is 0 Å². The Morgan fingerprint density at radius 1 is 1.28 bits per heavy atom. The first-order chi connectivity index (χ1) is 8.47. The third-order valence-corrected chi connectivity index (χ3v) is 4.68. The van der Waals surface area contributed by atoms with Crippen molar-refractivity contribution in [3.63, 3.8) is 0 Å². The molecule has 3 unspecified atom stereocenters. The van der Waals surface area contributed by atoms with Crippen molar-refractivity contribution in [2.75, 3.05) is 5.73 Å². The number of hydrogen-bond donors (Lipinski definition) is 1. The Morgan fingerprint density at radius 2 is 2.00 bits per heavy atom. The zero-order valence-corrected chi connectivity index (χ0v) is 13.1. The highest BCUT2D eigenvalue weighted by Gasteiger charge is 2.26. The van der Waals surface area contributed by atoms with Crippen LogP contribution in [0.1, 0.15) is 33.1 Å². The fourth-order valence-corrected chi connectivity index (χ4v) is 3.40. The van der Waals surface area contributed by atoms with Gasteiger partial charge in [0.2, 0.25) is 0 Å². The number of anilines is 1. The largest absolute Gasteiger partial charge is 0.487 e. The number of halogens is 2. The molecule has 1 aliphatic carbocycles. The van der Waals surface area contributed by atoms with E-state index in [2.05, 4.69) is 29.8 Å². The van der Waals surface area contributed by atoms with Crippen molar-refractivity contribution >= 4 is 33.2 Å². The van der Waals surface area contributed by atoms with E-state index >= 15 is 0 Å². The van der Waals surface area contributed by atoms with E-state index in [9.17, 15) is 0 Å². The topological polar surface area (TPSA) is 35.2 Å². The summed E-state index contributed by atoms with van der Waals surface area (Å²) in [6, 6.07) is 3.55. The van der Waals surface area contributed by atoms with Gasteiger partial charge in [-0.2, -0.15) is 0 Å². The molecule has 1 saturated carbocycles. The molecule has 100 valence electrons. The Labute approximate surface area is 122 Å². The SMILES string of the molecule is CC1CCC(Oc2c(N)cc(Cl)cc2Br)CC1C. The highest BCUT2D eigenvalue weighted by Crippen LogP contribution is 2.38. The van der Waals surface area contributed by atoms with Gasteiger partial charge < -0.3 is 10.5 Å². The van der Waals surface area contributed by atoms with Gasteiger partial charge in [-0.05, 0) is 59.2 Å². The summed E-state index contributed by atoms with van der Waals surface area (Å²) in [5.41, 5.74) is 6.56. The molecule has 0 aliphatic heterocycles. The van der Waals surface area contributed by atoms with Crippen molar-refractivity contribution in [3.8, 4) is 5.75 Å². The van der Waals surface area contributed by atoms with Crippen LogP contribution in [0.5, 0.6) is 5.75 Å². The normalized spacial score (nSPS) is 28.1. The van der Waals surface area contributed by atoms with Gasteiger partial charge >= 0.3 is 0 Å². The molecule has 2 N–H and O–H groups in total. The lowest BCUT2D eigenvalue weighted by molar-refractivity contribution is 0.101. The molecule has 4 heteroatoms. The molecule has 0 heterocycles. The van der Waals surface area contributed by atoms with Gasteiger partial charge in [0.05, 0.1) is 16.3 Å². The predicted octanol–water partition coefficient (Wildman–Crippen LogP) is 4.89. The van der Waals surface area contributed by atoms with Crippen LogP contribution in [0, 0.1) is 11.8 Å². The van der Waals surface area contributed by atoms with Crippen molar-refractivity contribution < 1.29 is 4.74 Å². The first kappa shape index (κ1) is 14.0. The van der Waals surface area contributed by atoms with E-state index in [0.717, 1.165) is 29.0 Å². The van der Waals surface area contributed by atoms with Crippen molar-refractivity contribution in [1.82, 2.24) is 0 Å². The summed E-state index contributed by atoms with van der Waals surface area (Å²) in [7, 11) is 0. The van der Waals surface area contributed by atoms with E-state index in [1.807, 2.05) is 6.07 Å². The third kappa shape index (κ3) is 3.12. The molecule has 18 heavy (non-hydrogen) atoms. The van der Waals surface area contributed by atoms with Gasteiger partial charge in [-0.3, -0.25) is 0 Å². The molecule has 3 atom stereocenters. The predicted molar refractivity (Wildman–Crippen MR) is 80.2 cm³/mol. The maximum Gasteiger partial charge on any atom is 0.156 e. The second kappa shape index (κ2) is 5.70. The van der Waals surface area contributed by atoms with E-state index in [1.165, 1.54) is 6.42 Å². The molecule has 1 aromatic rings. The molecule has 2 nitrogen and oxygen atoms in total. The molecule has 0 spiro atoms. The van der Waals surface area contributed by atoms with Crippen molar-refractivity contribution in [1.29, 1.82) is 0 Å². The minimum Gasteiger partial charge on any atom is -0.487 e. The summed E-state index contributed by atoms with van der Waals surface area (Å²) < 4.78 is 6.89. The van der Waals surface area contributed by atoms with Gasteiger partial charge in [0, 0.05) is 5.02 Å². The van der Waals surface area contributed by atoms with E-state index in [0.29, 0.717) is 16.6 Å². The number of rotatable bonds is 2. The maximum atomic E-state index is 6.06. The second-order valence-electron chi connectivity index (χ2n) is 5.31. The van der Waals surface area contributed by atoms with Crippen LogP contribution in [-0.4, -0.2) is 6.10 Å². The fourth-order valence-electron chi connectivity index (χ4n) is 2.48. The van der Waals surface area contributed by atoms with Crippen LogP contribution in [0.15, 0.2) is 16.6 Å². The van der Waals surface area contributed by atoms with Crippen LogP contribution in [0.3, 0.4) is 0 Å². The molecule has 2 rings (SSSR count). The summed E-state index contributed by atoms with van der Waals surface area (Å²) in [5, 5.41) is 0.623. The molecular formula is C14H19BrClNO. The quantitative estimate of drug-likeness (QED) is 0.783. The van der Waals surface area contributed by atoms with Gasteiger partial charge in [0.1, 0.15) is 0 Å². The van der Waals surface area contributed by atoms with Crippen LogP contribution in [0.25, 0.3) is 0 Å². The standard InChI is InChI=1S/C14H19BrClNO/c1-8-3-4-11(5-9(8)2)18-14-12(15)6-10(16)7-13(14)17/h6-9,11H,3-5,17H2,1-2H3. The smallest absolute Gasteiger partial charge is 0.156 e. The number of hydrogen-bond acceptors (Lipinski definition) is 2. The van der Waals surface area contributed by atoms with Crippen molar-refractivity contribution in [2.45, 2.75) is 39.2 Å². The minimum atomic E-state index is 0.260.